The maximum absolute atomic E-state index is 10.2. The van der Waals surface area contributed by atoms with Gasteiger partial charge in [0.15, 0.2) is 0 Å². The molecular weight excluding hydrogens is 192 g/mol. The summed E-state index contributed by atoms with van der Waals surface area (Å²) in [6.45, 7) is 6.56. The molecule has 0 bridgehead atoms. The van der Waals surface area contributed by atoms with Crippen molar-refractivity contribution in [2.75, 3.05) is 7.11 Å². The van der Waals surface area contributed by atoms with Crippen molar-refractivity contribution in [3.63, 3.8) is 0 Å². The number of ether oxygens (including phenoxy) is 1. The van der Waals surface area contributed by atoms with Gasteiger partial charge in [-0.2, -0.15) is 0 Å². The highest BCUT2D eigenvalue weighted by atomic mass is 16.5. The number of hydrogen-bond donors (Lipinski definition) is 1. The number of aryl methyl sites for hydroxylation is 1. The van der Waals surface area contributed by atoms with Crippen molar-refractivity contribution in [2.24, 2.45) is 0 Å². The molecule has 1 rings (SSSR count). The minimum absolute atomic E-state index is 0.209. The molecule has 1 heterocycles. The molecule has 2 atom stereocenters. The molecule has 0 saturated heterocycles. The number of aliphatic hydroxyl groups is 1. The number of rotatable bonds is 5. The quantitative estimate of drug-likeness (QED) is 0.798. The van der Waals surface area contributed by atoms with E-state index in [2.05, 4.69) is 11.9 Å². The summed E-state index contributed by atoms with van der Waals surface area (Å²) in [6.07, 6.45) is 3.97. The molecule has 0 aliphatic carbocycles. The summed E-state index contributed by atoms with van der Waals surface area (Å²) in [5, 5.41) is 10.2. The van der Waals surface area contributed by atoms with Crippen LogP contribution >= 0.6 is 0 Å². The van der Waals surface area contributed by atoms with E-state index in [0.29, 0.717) is 6.42 Å². The smallest absolute Gasteiger partial charge is 0.111 e. The van der Waals surface area contributed by atoms with Gasteiger partial charge in [0.05, 0.1) is 11.7 Å². The number of hydrogen-bond acceptors (Lipinski definition) is 3. The molecular formula is C11H20N2O2. The maximum Gasteiger partial charge on any atom is 0.111 e. The highest BCUT2D eigenvalue weighted by molar-refractivity contribution is 4.99. The third kappa shape index (κ3) is 2.79. The van der Waals surface area contributed by atoms with E-state index >= 15 is 0 Å². The molecule has 0 aliphatic heterocycles. The Bertz CT molecular complexity index is 307. The van der Waals surface area contributed by atoms with E-state index in [-0.39, 0.29) is 6.10 Å². The van der Waals surface area contributed by atoms with Gasteiger partial charge in [0.2, 0.25) is 0 Å². The van der Waals surface area contributed by atoms with Crippen molar-refractivity contribution in [2.45, 2.75) is 45.4 Å². The van der Waals surface area contributed by atoms with Gasteiger partial charge in [0.25, 0.3) is 0 Å². The Morgan fingerprint density at radius 3 is 2.87 bits per heavy atom. The van der Waals surface area contributed by atoms with E-state index in [9.17, 15) is 5.11 Å². The second-order valence-electron chi connectivity index (χ2n) is 4.04. The SMILES string of the molecule is CCn1ccnc1CC(C)(O)C(C)OC. The zero-order valence-corrected chi connectivity index (χ0v) is 9.90. The van der Waals surface area contributed by atoms with Gasteiger partial charge in [-0.1, -0.05) is 0 Å². The van der Waals surface area contributed by atoms with Crippen LogP contribution in [0, 0.1) is 0 Å². The molecule has 4 heteroatoms. The summed E-state index contributed by atoms with van der Waals surface area (Å²) in [4.78, 5) is 4.24. The summed E-state index contributed by atoms with van der Waals surface area (Å²) in [5.74, 6) is 0.895. The van der Waals surface area contributed by atoms with Gasteiger partial charge >= 0.3 is 0 Å². The Morgan fingerprint density at radius 1 is 1.67 bits per heavy atom. The standard InChI is InChI=1S/C11H20N2O2/c1-5-13-7-6-12-10(13)8-11(3,14)9(2)15-4/h6-7,9,14H,5,8H2,1-4H3. The maximum atomic E-state index is 10.2. The molecule has 4 nitrogen and oxygen atoms in total. The van der Waals surface area contributed by atoms with Crippen LogP contribution in [0.2, 0.25) is 0 Å². The summed E-state index contributed by atoms with van der Waals surface area (Å²) in [5.41, 5.74) is -0.882. The molecule has 1 N–H and O–H groups in total. The molecule has 2 unspecified atom stereocenters. The van der Waals surface area contributed by atoms with Crippen LogP contribution in [-0.4, -0.2) is 33.5 Å². The average molecular weight is 212 g/mol. The first-order valence-corrected chi connectivity index (χ1v) is 5.26. The number of nitrogens with zero attached hydrogens (tertiary/aromatic N) is 2. The van der Waals surface area contributed by atoms with Crippen LogP contribution < -0.4 is 0 Å². The molecule has 0 radical (unpaired) electrons. The van der Waals surface area contributed by atoms with E-state index in [1.807, 2.05) is 17.7 Å². The molecule has 1 aromatic heterocycles. The Morgan fingerprint density at radius 2 is 2.33 bits per heavy atom. The fourth-order valence-corrected chi connectivity index (χ4v) is 1.51. The van der Waals surface area contributed by atoms with Crippen LogP contribution in [0.15, 0.2) is 12.4 Å². The molecule has 0 amide bonds. The largest absolute Gasteiger partial charge is 0.387 e. The summed E-state index contributed by atoms with van der Waals surface area (Å²) in [6, 6.07) is 0. The number of aromatic nitrogens is 2. The first-order chi connectivity index (χ1) is 7.01. The Labute approximate surface area is 90.9 Å². The average Bonchev–Trinajstić information content (AvgIpc) is 2.63. The Kier molecular flexibility index (Phi) is 3.88. The predicted octanol–water partition coefficient (Wildman–Crippen LogP) is 1.23. The van der Waals surface area contributed by atoms with Crippen LogP contribution in [0.1, 0.15) is 26.6 Å². The van der Waals surface area contributed by atoms with Crippen LogP contribution in [0.5, 0.6) is 0 Å². The molecule has 86 valence electrons. The molecule has 0 aliphatic rings. The Balaban J connectivity index is 2.76. The lowest BCUT2D eigenvalue weighted by Gasteiger charge is -2.28. The third-order valence-electron chi connectivity index (χ3n) is 2.89. The predicted molar refractivity (Wildman–Crippen MR) is 58.7 cm³/mol. The highest BCUT2D eigenvalue weighted by Crippen LogP contribution is 2.18. The van der Waals surface area contributed by atoms with Crippen molar-refractivity contribution in [1.82, 2.24) is 9.55 Å². The summed E-state index contributed by atoms with van der Waals surface area (Å²) < 4.78 is 7.17. The lowest BCUT2D eigenvalue weighted by molar-refractivity contribution is -0.0729. The van der Waals surface area contributed by atoms with Crippen molar-refractivity contribution < 1.29 is 9.84 Å². The van der Waals surface area contributed by atoms with E-state index in [0.717, 1.165) is 12.4 Å². The molecule has 0 saturated carbocycles. The van der Waals surface area contributed by atoms with Gasteiger partial charge in [0, 0.05) is 32.5 Å². The van der Waals surface area contributed by atoms with Crippen molar-refractivity contribution in [1.29, 1.82) is 0 Å². The summed E-state index contributed by atoms with van der Waals surface area (Å²) in [7, 11) is 1.60. The number of methoxy groups -OCH3 is 1. The van der Waals surface area contributed by atoms with Gasteiger partial charge in [-0.25, -0.2) is 4.98 Å². The molecule has 0 spiro atoms. The second kappa shape index (κ2) is 4.77. The zero-order chi connectivity index (χ0) is 11.5. The zero-order valence-electron chi connectivity index (χ0n) is 9.90. The monoisotopic (exact) mass is 212 g/mol. The van der Waals surface area contributed by atoms with Gasteiger partial charge in [-0.05, 0) is 20.8 Å². The normalized spacial score (nSPS) is 17.4. The molecule has 0 aromatic carbocycles. The fourth-order valence-electron chi connectivity index (χ4n) is 1.51. The molecule has 1 aromatic rings. The number of imidazole rings is 1. The van der Waals surface area contributed by atoms with Crippen molar-refractivity contribution in [3.8, 4) is 0 Å². The molecule has 15 heavy (non-hydrogen) atoms. The summed E-state index contributed by atoms with van der Waals surface area (Å²) >= 11 is 0. The van der Waals surface area contributed by atoms with E-state index in [1.54, 1.807) is 20.2 Å². The first-order valence-electron chi connectivity index (χ1n) is 5.26. The highest BCUT2D eigenvalue weighted by Gasteiger charge is 2.30. The first kappa shape index (κ1) is 12.2. The second-order valence-corrected chi connectivity index (χ2v) is 4.04. The van der Waals surface area contributed by atoms with Crippen LogP contribution in [-0.2, 0) is 17.7 Å². The fraction of sp³-hybridized carbons (Fsp3) is 0.727. The minimum atomic E-state index is -0.882. The topological polar surface area (TPSA) is 47.3 Å². The minimum Gasteiger partial charge on any atom is -0.387 e. The Hall–Kier alpha value is -0.870. The van der Waals surface area contributed by atoms with Crippen molar-refractivity contribution >= 4 is 0 Å². The van der Waals surface area contributed by atoms with E-state index in [1.165, 1.54) is 0 Å². The van der Waals surface area contributed by atoms with Crippen LogP contribution in [0.4, 0.5) is 0 Å². The van der Waals surface area contributed by atoms with Gasteiger partial charge < -0.3 is 14.4 Å². The van der Waals surface area contributed by atoms with E-state index in [4.69, 9.17) is 4.74 Å². The van der Waals surface area contributed by atoms with Gasteiger partial charge in [-0.3, -0.25) is 0 Å². The van der Waals surface area contributed by atoms with E-state index < -0.39 is 5.60 Å². The van der Waals surface area contributed by atoms with Gasteiger partial charge in [-0.15, -0.1) is 0 Å². The third-order valence-corrected chi connectivity index (χ3v) is 2.89. The molecule has 0 fully saturated rings. The lowest BCUT2D eigenvalue weighted by atomic mass is 9.96. The van der Waals surface area contributed by atoms with Crippen LogP contribution in [0.25, 0.3) is 0 Å². The van der Waals surface area contributed by atoms with Crippen molar-refractivity contribution in [3.05, 3.63) is 18.2 Å². The van der Waals surface area contributed by atoms with Crippen LogP contribution in [0.3, 0.4) is 0 Å². The lowest BCUT2D eigenvalue weighted by Crippen LogP contribution is -2.41. The van der Waals surface area contributed by atoms with Gasteiger partial charge in [0.1, 0.15) is 5.82 Å².